The number of hydrogen-bond acceptors (Lipinski definition) is 0. The van der Waals surface area contributed by atoms with Gasteiger partial charge in [0.1, 0.15) is 0 Å². The van der Waals surface area contributed by atoms with E-state index in [9.17, 15) is 0 Å². The van der Waals surface area contributed by atoms with Crippen LogP contribution in [0.5, 0.6) is 0 Å². The SMILES string of the molecule is C=CCC(=CC)CC(CCC)=C(C)c1cccc2c1Cc1ccccc1-2. The van der Waals surface area contributed by atoms with Gasteiger partial charge in [0.05, 0.1) is 0 Å². The van der Waals surface area contributed by atoms with Gasteiger partial charge in [-0.25, -0.2) is 0 Å². The minimum Gasteiger partial charge on any atom is -0.103 e. The van der Waals surface area contributed by atoms with E-state index in [-0.39, 0.29) is 0 Å². The Balaban J connectivity index is 2.04. The standard InChI is InChI=1S/C26H30/c1-5-11-20(7-3)17-21(12-6-2)19(4)23-15-10-16-25-24-14-9-8-13-22(24)18-26(23)25/h5,7-10,13-16H,1,6,11-12,17-18H2,2-4H3. The van der Waals surface area contributed by atoms with Crippen molar-refractivity contribution in [3.05, 3.63) is 89.0 Å². The fourth-order valence-electron chi connectivity index (χ4n) is 4.16. The molecule has 0 unspecified atom stereocenters. The summed E-state index contributed by atoms with van der Waals surface area (Å²) < 4.78 is 0. The van der Waals surface area contributed by atoms with Gasteiger partial charge in [-0.3, -0.25) is 0 Å². The molecule has 0 aromatic heterocycles. The van der Waals surface area contributed by atoms with Crippen molar-refractivity contribution in [2.75, 3.05) is 0 Å². The lowest BCUT2D eigenvalue weighted by molar-refractivity contribution is 0.858. The van der Waals surface area contributed by atoms with Crippen LogP contribution in [0.2, 0.25) is 0 Å². The van der Waals surface area contributed by atoms with Crippen molar-refractivity contribution in [2.24, 2.45) is 0 Å². The van der Waals surface area contributed by atoms with Crippen LogP contribution in [-0.2, 0) is 6.42 Å². The zero-order chi connectivity index (χ0) is 18.5. The molecule has 0 amide bonds. The lowest BCUT2D eigenvalue weighted by atomic mass is 9.88. The van der Waals surface area contributed by atoms with Crippen LogP contribution in [-0.4, -0.2) is 0 Å². The van der Waals surface area contributed by atoms with Crippen LogP contribution >= 0.6 is 0 Å². The van der Waals surface area contributed by atoms with Crippen molar-refractivity contribution in [3.63, 3.8) is 0 Å². The van der Waals surface area contributed by atoms with Crippen LogP contribution in [0.15, 0.2) is 72.3 Å². The Kier molecular flexibility index (Phi) is 5.93. The molecule has 0 heteroatoms. The van der Waals surface area contributed by atoms with Crippen LogP contribution in [0, 0.1) is 0 Å². The molecule has 0 bridgehead atoms. The summed E-state index contributed by atoms with van der Waals surface area (Å²) in [5.41, 5.74) is 11.8. The highest BCUT2D eigenvalue weighted by Gasteiger charge is 2.21. The van der Waals surface area contributed by atoms with Crippen LogP contribution < -0.4 is 0 Å². The van der Waals surface area contributed by atoms with Crippen LogP contribution in [0.4, 0.5) is 0 Å². The van der Waals surface area contributed by atoms with E-state index >= 15 is 0 Å². The average molecular weight is 343 g/mol. The number of hydrogen-bond donors (Lipinski definition) is 0. The van der Waals surface area contributed by atoms with E-state index in [0.717, 1.165) is 25.7 Å². The molecule has 2 aromatic carbocycles. The van der Waals surface area contributed by atoms with Crippen molar-refractivity contribution in [1.29, 1.82) is 0 Å². The van der Waals surface area contributed by atoms with Gasteiger partial charge in [-0.05, 0) is 72.9 Å². The molecule has 0 atom stereocenters. The van der Waals surface area contributed by atoms with Gasteiger partial charge in [0.25, 0.3) is 0 Å². The molecular weight excluding hydrogens is 312 g/mol. The molecule has 0 fully saturated rings. The lowest BCUT2D eigenvalue weighted by Crippen LogP contribution is -1.97. The van der Waals surface area contributed by atoms with Crippen LogP contribution in [0.1, 0.15) is 63.1 Å². The zero-order valence-corrected chi connectivity index (χ0v) is 16.4. The highest BCUT2D eigenvalue weighted by molar-refractivity contribution is 5.83. The molecule has 0 saturated heterocycles. The molecule has 1 aliphatic rings. The van der Waals surface area contributed by atoms with E-state index in [1.54, 1.807) is 5.57 Å². The number of benzene rings is 2. The van der Waals surface area contributed by atoms with E-state index in [0.29, 0.717) is 0 Å². The van der Waals surface area contributed by atoms with E-state index in [4.69, 9.17) is 0 Å². The molecule has 26 heavy (non-hydrogen) atoms. The van der Waals surface area contributed by atoms with Gasteiger partial charge in [-0.15, -0.1) is 6.58 Å². The van der Waals surface area contributed by atoms with Crippen molar-refractivity contribution in [2.45, 2.75) is 52.9 Å². The summed E-state index contributed by atoms with van der Waals surface area (Å²) in [6.45, 7) is 10.7. The number of allylic oxidation sites excluding steroid dienone is 5. The summed E-state index contributed by atoms with van der Waals surface area (Å²) in [6, 6.07) is 15.7. The fourth-order valence-corrected chi connectivity index (χ4v) is 4.16. The third kappa shape index (κ3) is 3.60. The first-order valence-electron chi connectivity index (χ1n) is 9.83. The number of fused-ring (bicyclic) bond motifs is 3. The van der Waals surface area contributed by atoms with Crippen LogP contribution in [0.3, 0.4) is 0 Å². The minimum atomic E-state index is 0.981. The van der Waals surface area contributed by atoms with Gasteiger partial charge in [0.2, 0.25) is 0 Å². The topological polar surface area (TPSA) is 0 Å². The van der Waals surface area contributed by atoms with Gasteiger partial charge in [-0.2, -0.15) is 0 Å². The van der Waals surface area contributed by atoms with Gasteiger partial charge < -0.3 is 0 Å². The molecule has 0 N–H and O–H groups in total. The zero-order valence-electron chi connectivity index (χ0n) is 16.4. The minimum absolute atomic E-state index is 0.981. The second-order valence-corrected chi connectivity index (χ2v) is 7.26. The Labute approximate surface area is 159 Å². The Hall–Kier alpha value is -2.34. The third-order valence-corrected chi connectivity index (χ3v) is 5.59. The lowest BCUT2D eigenvalue weighted by Gasteiger charge is -2.17. The maximum Gasteiger partial charge on any atom is -0.000740 e. The monoisotopic (exact) mass is 342 g/mol. The molecule has 1 aliphatic carbocycles. The number of rotatable bonds is 7. The molecule has 0 spiro atoms. The highest BCUT2D eigenvalue weighted by Crippen LogP contribution is 2.41. The predicted octanol–water partition coefficient (Wildman–Crippen LogP) is 7.74. The smallest absolute Gasteiger partial charge is 0.000740 e. The van der Waals surface area contributed by atoms with Gasteiger partial charge in [0.15, 0.2) is 0 Å². The van der Waals surface area contributed by atoms with E-state index in [2.05, 4.69) is 75.9 Å². The van der Waals surface area contributed by atoms with Crippen LogP contribution in [0.25, 0.3) is 16.7 Å². The van der Waals surface area contributed by atoms with Gasteiger partial charge in [0, 0.05) is 0 Å². The molecule has 134 valence electrons. The Morgan fingerprint density at radius 2 is 1.85 bits per heavy atom. The molecule has 0 nitrogen and oxygen atoms in total. The molecule has 2 aromatic rings. The third-order valence-electron chi connectivity index (χ3n) is 5.59. The molecular formula is C26H30. The normalized spacial score (nSPS) is 13.9. The first kappa shape index (κ1) is 18.5. The Morgan fingerprint density at radius 3 is 2.58 bits per heavy atom. The van der Waals surface area contributed by atoms with Crippen molar-refractivity contribution < 1.29 is 0 Å². The summed E-state index contributed by atoms with van der Waals surface area (Å²) in [5.74, 6) is 0. The quantitative estimate of drug-likeness (QED) is 0.385. The average Bonchev–Trinajstić information content (AvgIpc) is 3.05. The van der Waals surface area contributed by atoms with Crippen molar-refractivity contribution in [1.82, 2.24) is 0 Å². The summed E-state index contributed by atoms with van der Waals surface area (Å²) in [5, 5.41) is 0. The maximum absolute atomic E-state index is 3.92. The van der Waals surface area contributed by atoms with Gasteiger partial charge in [-0.1, -0.05) is 79.1 Å². The second-order valence-electron chi connectivity index (χ2n) is 7.26. The fraction of sp³-hybridized carbons (Fsp3) is 0.308. The molecule has 0 radical (unpaired) electrons. The molecule has 3 rings (SSSR count). The summed E-state index contributed by atoms with van der Waals surface area (Å²) in [6.07, 6.45) is 9.74. The summed E-state index contributed by atoms with van der Waals surface area (Å²) in [4.78, 5) is 0. The summed E-state index contributed by atoms with van der Waals surface area (Å²) in [7, 11) is 0. The Morgan fingerprint density at radius 1 is 1.08 bits per heavy atom. The van der Waals surface area contributed by atoms with Gasteiger partial charge >= 0.3 is 0 Å². The highest BCUT2D eigenvalue weighted by atomic mass is 14.3. The summed E-state index contributed by atoms with van der Waals surface area (Å²) >= 11 is 0. The molecule has 0 aliphatic heterocycles. The predicted molar refractivity (Wildman–Crippen MR) is 115 cm³/mol. The second kappa shape index (κ2) is 8.36. The first-order chi connectivity index (χ1) is 12.7. The van der Waals surface area contributed by atoms with E-state index in [1.807, 2.05) is 6.08 Å². The van der Waals surface area contributed by atoms with E-state index < -0.39 is 0 Å². The van der Waals surface area contributed by atoms with E-state index in [1.165, 1.54) is 45.4 Å². The maximum atomic E-state index is 3.92. The Bertz CT molecular complexity index is 861. The molecule has 0 saturated carbocycles. The van der Waals surface area contributed by atoms with Crippen molar-refractivity contribution >= 4 is 5.57 Å². The van der Waals surface area contributed by atoms with Crippen molar-refractivity contribution in [3.8, 4) is 11.1 Å². The molecule has 0 heterocycles. The largest absolute Gasteiger partial charge is 0.103 e. The first-order valence-corrected chi connectivity index (χ1v) is 9.83.